The van der Waals surface area contributed by atoms with Crippen LogP contribution >= 0.6 is 0 Å². The minimum Gasteiger partial charge on any atom is -0.383 e. The van der Waals surface area contributed by atoms with Gasteiger partial charge in [0, 0.05) is 26.2 Å². The minimum absolute atomic E-state index is 0.626. The molecule has 94 valence electrons. The Balaban J connectivity index is 2.12. The van der Waals surface area contributed by atoms with Gasteiger partial charge < -0.3 is 15.0 Å². The fourth-order valence-corrected chi connectivity index (χ4v) is 1.44. The van der Waals surface area contributed by atoms with Gasteiger partial charge in [-0.25, -0.2) is 5.84 Å². The van der Waals surface area contributed by atoms with Crippen molar-refractivity contribution < 1.29 is 4.74 Å². The van der Waals surface area contributed by atoms with Gasteiger partial charge in [0.15, 0.2) is 0 Å². The molecule has 0 saturated heterocycles. The number of aliphatic imine (C=N–C) groups is 1. The highest BCUT2D eigenvalue weighted by Crippen LogP contribution is 2.24. The molecular formula is C10H23N5O. The van der Waals surface area contributed by atoms with Gasteiger partial charge in [0.1, 0.15) is 0 Å². The quantitative estimate of drug-likeness (QED) is 0.174. The smallest absolute Gasteiger partial charge is 0.205 e. The molecule has 0 spiro atoms. The first kappa shape index (κ1) is 13.2. The van der Waals surface area contributed by atoms with Gasteiger partial charge in [-0.3, -0.25) is 10.4 Å². The van der Waals surface area contributed by atoms with Gasteiger partial charge >= 0.3 is 0 Å². The normalized spacial score (nSPS) is 16.6. The lowest BCUT2D eigenvalue weighted by Gasteiger charge is -2.14. The van der Waals surface area contributed by atoms with Crippen LogP contribution in [0.2, 0.25) is 0 Å². The molecule has 6 nitrogen and oxygen atoms in total. The number of hydrogen-bond donors (Lipinski definition) is 3. The summed E-state index contributed by atoms with van der Waals surface area (Å²) < 4.78 is 4.92. The van der Waals surface area contributed by atoms with Gasteiger partial charge in [0.05, 0.1) is 13.2 Å². The SMILES string of the molecule is COCCNC(=NCCN(C)C1CC1)NN. The van der Waals surface area contributed by atoms with Gasteiger partial charge in [0.25, 0.3) is 0 Å². The van der Waals surface area contributed by atoms with E-state index in [1.807, 2.05) is 0 Å². The Morgan fingerprint density at radius 3 is 2.88 bits per heavy atom. The number of nitrogens with one attached hydrogen (secondary N) is 2. The van der Waals surface area contributed by atoms with Crippen LogP contribution in [0.5, 0.6) is 0 Å². The highest BCUT2D eigenvalue weighted by atomic mass is 16.5. The summed E-state index contributed by atoms with van der Waals surface area (Å²) in [6.07, 6.45) is 2.66. The summed E-state index contributed by atoms with van der Waals surface area (Å²) >= 11 is 0. The van der Waals surface area contributed by atoms with Crippen molar-refractivity contribution in [3.8, 4) is 0 Å². The van der Waals surface area contributed by atoms with E-state index in [0.717, 1.165) is 19.1 Å². The molecule has 1 fully saturated rings. The van der Waals surface area contributed by atoms with Crippen molar-refractivity contribution in [1.29, 1.82) is 0 Å². The molecule has 16 heavy (non-hydrogen) atoms. The minimum atomic E-state index is 0.626. The Labute approximate surface area is 97.2 Å². The van der Waals surface area contributed by atoms with E-state index in [1.165, 1.54) is 12.8 Å². The van der Waals surface area contributed by atoms with Crippen molar-refractivity contribution in [2.24, 2.45) is 10.8 Å². The average molecular weight is 229 g/mol. The number of hydrazine groups is 1. The van der Waals surface area contributed by atoms with Crippen molar-refractivity contribution >= 4 is 5.96 Å². The van der Waals surface area contributed by atoms with E-state index in [4.69, 9.17) is 10.6 Å². The Morgan fingerprint density at radius 2 is 2.31 bits per heavy atom. The topological polar surface area (TPSA) is 74.9 Å². The molecule has 0 unspecified atom stereocenters. The van der Waals surface area contributed by atoms with E-state index in [-0.39, 0.29) is 0 Å². The van der Waals surface area contributed by atoms with Crippen LogP contribution in [-0.4, -0.2) is 57.3 Å². The number of nitrogens with zero attached hydrogens (tertiary/aromatic N) is 2. The molecule has 0 aromatic carbocycles. The van der Waals surface area contributed by atoms with E-state index in [9.17, 15) is 0 Å². The number of guanidine groups is 1. The van der Waals surface area contributed by atoms with Gasteiger partial charge in [-0.1, -0.05) is 0 Å². The van der Waals surface area contributed by atoms with Crippen LogP contribution in [0.15, 0.2) is 4.99 Å². The van der Waals surface area contributed by atoms with Crippen molar-refractivity contribution in [2.75, 3.05) is 40.4 Å². The second-order valence-electron chi connectivity index (χ2n) is 4.01. The fourth-order valence-electron chi connectivity index (χ4n) is 1.44. The maximum absolute atomic E-state index is 5.35. The van der Waals surface area contributed by atoms with Crippen LogP contribution in [0.4, 0.5) is 0 Å². The molecular weight excluding hydrogens is 206 g/mol. The van der Waals surface area contributed by atoms with E-state index >= 15 is 0 Å². The second kappa shape index (κ2) is 7.43. The highest BCUT2D eigenvalue weighted by Gasteiger charge is 2.25. The average Bonchev–Trinajstić information content (AvgIpc) is 3.10. The van der Waals surface area contributed by atoms with Crippen LogP contribution in [0.1, 0.15) is 12.8 Å². The Hall–Kier alpha value is -0.850. The van der Waals surface area contributed by atoms with Gasteiger partial charge in [-0.05, 0) is 19.9 Å². The first-order valence-corrected chi connectivity index (χ1v) is 5.72. The number of ether oxygens (including phenoxy) is 1. The Bertz CT molecular complexity index is 217. The summed E-state index contributed by atoms with van der Waals surface area (Å²) in [4.78, 5) is 6.68. The Kier molecular flexibility index (Phi) is 6.14. The van der Waals surface area contributed by atoms with E-state index in [2.05, 4.69) is 27.7 Å². The van der Waals surface area contributed by atoms with Crippen LogP contribution in [0.25, 0.3) is 0 Å². The van der Waals surface area contributed by atoms with E-state index in [1.54, 1.807) is 7.11 Å². The lowest BCUT2D eigenvalue weighted by atomic mass is 10.5. The van der Waals surface area contributed by atoms with Crippen molar-refractivity contribution in [3.05, 3.63) is 0 Å². The number of hydrogen-bond acceptors (Lipinski definition) is 4. The zero-order valence-electron chi connectivity index (χ0n) is 10.2. The molecule has 6 heteroatoms. The summed E-state index contributed by atoms with van der Waals surface area (Å²) in [5.41, 5.74) is 2.54. The summed E-state index contributed by atoms with van der Waals surface area (Å²) in [6, 6.07) is 0.783. The van der Waals surface area contributed by atoms with E-state index < -0.39 is 0 Å². The lowest BCUT2D eigenvalue weighted by Crippen LogP contribution is -2.43. The molecule has 0 bridgehead atoms. The number of methoxy groups -OCH3 is 1. The standard InChI is InChI=1S/C10H23N5O/c1-15(9-3-4-9)7-5-12-10(14-11)13-6-8-16-2/h9H,3-8,11H2,1-2H3,(H2,12,13,14). The summed E-state index contributed by atoms with van der Waals surface area (Å²) in [6.45, 7) is 3.08. The molecule has 0 heterocycles. The zero-order chi connectivity index (χ0) is 11.8. The van der Waals surface area contributed by atoms with Crippen LogP contribution < -0.4 is 16.6 Å². The largest absolute Gasteiger partial charge is 0.383 e. The Morgan fingerprint density at radius 1 is 1.56 bits per heavy atom. The number of nitrogens with two attached hydrogens (primary N) is 1. The molecule has 0 aromatic heterocycles. The maximum Gasteiger partial charge on any atom is 0.205 e. The summed E-state index contributed by atoms with van der Waals surface area (Å²) in [5, 5.41) is 3.06. The van der Waals surface area contributed by atoms with Gasteiger partial charge in [-0.2, -0.15) is 0 Å². The van der Waals surface area contributed by atoms with Gasteiger partial charge in [-0.15, -0.1) is 0 Å². The predicted molar refractivity (Wildman–Crippen MR) is 65.2 cm³/mol. The van der Waals surface area contributed by atoms with Crippen LogP contribution in [-0.2, 0) is 4.74 Å². The third kappa shape index (κ3) is 5.29. The summed E-state index contributed by atoms with van der Waals surface area (Å²) in [5.74, 6) is 5.97. The number of rotatable bonds is 7. The molecule has 1 rings (SSSR count). The van der Waals surface area contributed by atoms with Crippen LogP contribution in [0, 0.1) is 0 Å². The molecule has 0 aliphatic heterocycles. The summed E-state index contributed by atoms with van der Waals surface area (Å²) in [7, 11) is 3.81. The monoisotopic (exact) mass is 229 g/mol. The maximum atomic E-state index is 5.35. The zero-order valence-corrected chi connectivity index (χ0v) is 10.2. The molecule has 0 aromatic rings. The second-order valence-corrected chi connectivity index (χ2v) is 4.01. The molecule has 0 atom stereocenters. The molecule has 0 amide bonds. The fraction of sp³-hybridized carbons (Fsp3) is 0.900. The number of likely N-dealkylation sites (N-methyl/N-ethyl adjacent to an activating group) is 1. The molecule has 1 saturated carbocycles. The molecule has 1 aliphatic rings. The first-order chi connectivity index (χ1) is 7.77. The van der Waals surface area contributed by atoms with E-state index in [0.29, 0.717) is 19.1 Å². The molecule has 1 aliphatic carbocycles. The predicted octanol–water partition coefficient (Wildman–Crippen LogP) is -0.864. The van der Waals surface area contributed by atoms with Gasteiger partial charge in [0.2, 0.25) is 5.96 Å². The third-order valence-electron chi connectivity index (χ3n) is 2.63. The van der Waals surface area contributed by atoms with Crippen molar-refractivity contribution in [1.82, 2.24) is 15.6 Å². The van der Waals surface area contributed by atoms with Crippen molar-refractivity contribution in [3.63, 3.8) is 0 Å². The molecule has 4 N–H and O–H groups in total. The van der Waals surface area contributed by atoms with Crippen LogP contribution in [0.3, 0.4) is 0 Å². The first-order valence-electron chi connectivity index (χ1n) is 5.72. The van der Waals surface area contributed by atoms with Crippen molar-refractivity contribution in [2.45, 2.75) is 18.9 Å². The molecule has 0 radical (unpaired) electrons. The third-order valence-corrected chi connectivity index (χ3v) is 2.63. The highest BCUT2D eigenvalue weighted by molar-refractivity contribution is 5.79. The lowest BCUT2D eigenvalue weighted by molar-refractivity contribution is 0.203.